The molecule has 0 aromatic heterocycles. The Balaban J connectivity index is 1.94. The van der Waals surface area contributed by atoms with Gasteiger partial charge in [-0.3, -0.25) is 0 Å². The SMILES string of the molecule is Cc1cccc2c1NCC2C1CCCC1. The fourth-order valence-corrected chi connectivity index (χ4v) is 3.34. The summed E-state index contributed by atoms with van der Waals surface area (Å²) in [6.07, 6.45) is 5.78. The van der Waals surface area contributed by atoms with Crippen molar-refractivity contribution in [2.45, 2.75) is 38.5 Å². The van der Waals surface area contributed by atoms with Crippen molar-refractivity contribution in [3.63, 3.8) is 0 Å². The molecule has 1 fully saturated rings. The maximum atomic E-state index is 3.60. The smallest absolute Gasteiger partial charge is 0.0406 e. The molecule has 1 heteroatoms. The minimum atomic E-state index is 0.794. The molecule has 3 rings (SSSR count). The Labute approximate surface area is 91.9 Å². The minimum Gasteiger partial charge on any atom is -0.384 e. The zero-order valence-electron chi connectivity index (χ0n) is 9.42. The summed E-state index contributed by atoms with van der Waals surface area (Å²) in [5, 5.41) is 3.60. The second-order valence-electron chi connectivity index (χ2n) is 5.07. The summed E-state index contributed by atoms with van der Waals surface area (Å²) in [7, 11) is 0. The van der Waals surface area contributed by atoms with Crippen molar-refractivity contribution in [2.24, 2.45) is 5.92 Å². The second kappa shape index (κ2) is 3.55. The van der Waals surface area contributed by atoms with Crippen LogP contribution in [-0.2, 0) is 0 Å². The molecular formula is C14H19N. The molecule has 1 saturated carbocycles. The van der Waals surface area contributed by atoms with E-state index in [4.69, 9.17) is 0 Å². The first-order valence-corrected chi connectivity index (χ1v) is 6.19. The predicted molar refractivity (Wildman–Crippen MR) is 64.4 cm³/mol. The van der Waals surface area contributed by atoms with Crippen molar-refractivity contribution in [3.8, 4) is 0 Å². The third kappa shape index (κ3) is 1.45. The number of para-hydroxylation sites is 1. The summed E-state index contributed by atoms with van der Waals surface area (Å²) in [5.41, 5.74) is 4.42. The highest BCUT2D eigenvalue weighted by Gasteiger charge is 2.31. The van der Waals surface area contributed by atoms with E-state index < -0.39 is 0 Å². The van der Waals surface area contributed by atoms with Crippen molar-refractivity contribution in [3.05, 3.63) is 29.3 Å². The van der Waals surface area contributed by atoms with Gasteiger partial charge < -0.3 is 5.32 Å². The Kier molecular flexibility index (Phi) is 2.19. The molecule has 2 aliphatic rings. The normalized spacial score (nSPS) is 25.3. The Morgan fingerprint density at radius 1 is 1.20 bits per heavy atom. The molecule has 1 atom stereocenters. The van der Waals surface area contributed by atoms with Crippen LogP contribution in [0.2, 0.25) is 0 Å². The van der Waals surface area contributed by atoms with Gasteiger partial charge in [-0.2, -0.15) is 0 Å². The Hall–Kier alpha value is -0.980. The summed E-state index contributed by atoms with van der Waals surface area (Å²) in [6.45, 7) is 3.38. The second-order valence-corrected chi connectivity index (χ2v) is 5.07. The van der Waals surface area contributed by atoms with E-state index in [1.54, 1.807) is 5.56 Å². The van der Waals surface area contributed by atoms with Crippen molar-refractivity contribution >= 4 is 5.69 Å². The van der Waals surface area contributed by atoms with Gasteiger partial charge >= 0.3 is 0 Å². The molecule has 80 valence electrons. The molecule has 1 heterocycles. The molecule has 0 bridgehead atoms. The van der Waals surface area contributed by atoms with Crippen molar-refractivity contribution in [2.75, 3.05) is 11.9 Å². The largest absolute Gasteiger partial charge is 0.384 e. The number of nitrogens with one attached hydrogen (secondary N) is 1. The lowest BCUT2D eigenvalue weighted by atomic mass is 9.86. The van der Waals surface area contributed by atoms with Crippen LogP contribution in [0.25, 0.3) is 0 Å². The van der Waals surface area contributed by atoms with Gasteiger partial charge in [0.1, 0.15) is 0 Å². The van der Waals surface area contributed by atoms with E-state index in [9.17, 15) is 0 Å². The summed E-state index contributed by atoms with van der Waals surface area (Å²) in [4.78, 5) is 0. The van der Waals surface area contributed by atoms with Crippen LogP contribution >= 0.6 is 0 Å². The van der Waals surface area contributed by atoms with E-state index in [-0.39, 0.29) is 0 Å². The maximum Gasteiger partial charge on any atom is 0.0406 e. The minimum absolute atomic E-state index is 0.794. The fourth-order valence-electron chi connectivity index (χ4n) is 3.34. The van der Waals surface area contributed by atoms with Crippen LogP contribution in [-0.4, -0.2) is 6.54 Å². The van der Waals surface area contributed by atoms with Gasteiger partial charge in [0, 0.05) is 18.2 Å². The quantitative estimate of drug-likeness (QED) is 0.730. The zero-order valence-corrected chi connectivity index (χ0v) is 9.42. The highest BCUT2D eigenvalue weighted by molar-refractivity contribution is 5.62. The number of hydrogen-bond acceptors (Lipinski definition) is 1. The van der Waals surface area contributed by atoms with Gasteiger partial charge in [0.25, 0.3) is 0 Å². The highest BCUT2D eigenvalue weighted by atomic mass is 14.9. The lowest BCUT2D eigenvalue weighted by Crippen LogP contribution is -2.11. The van der Waals surface area contributed by atoms with Gasteiger partial charge in [0.15, 0.2) is 0 Å². The average molecular weight is 201 g/mol. The molecule has 1 aromatic rings. The van der Waals surface area contributed by atoms with Crippen molar-refractivity contribution in [1.29, 1.82) is 0 Å². The van der Waals surface area contributed by atoms with Gasteiger partial charge in [-0.05, 0) is 36.8 Å². The van der Waals surface area contributed by atoms with E-state index in [2.05, 4.69) is 30.4 Å². The standard InChI is InChI=1S/C14H19N/c1-10-5-4-8-12-13(9-15-14(10)12)11-6-2-3-7-11/h4-5,8,11,13,15H,2-3,6-7,9H2,1H3. The van der Waals surface area contributed by atoms with Gasteiger partial charge in [-0.25, -0.2) is 0 Å². The molecule has 0 radical (unpaired) electrons. The first-order chi connectivity index (χ1) is 7.36. The molecule has 1 aromatic carbocycles. The molecule has 1 nitrogen and oxygen atoms in total. The van der Waals surface area contributed by atoms with Crippen molar-refractivity contribution < 1.29 is 0 Å². The monoisotopic (exact) mass is 201 g/mol. The maximum absolute atomic E-state index is 3.60. The van der Waals surface area contributed by atoms with Crippen LogP contribution < -0.4 is 5.32 Å². The lowest BCUT2D eigenvalue weighted by molar-refractivity contribution is 0.460. The third-order valence-electron chi connectivity index (χ3n) is 4.17. The van der Waals surface area contributed by atoms with Gasteiger partial charge in [0.05, 0.1) is 0 Å². The number of benzene rings is 1. The number of anilines is 1. The van der Waals surface area contributed by atoms with Gasteiger partial charge in [-0.1, -0.05) is 31.0 Å². The number of rotatable bonds is 1. The number of fused-ring (bicyclic) bond motifs is 1. The van der Waals surface area contributed by atoms with Gasteiger partial charge in [0.2, 0.25) is 0 Å². The molecule has 15 heavy (non-hydrogen) atoms. The molecular weight excluding hydrogens is 182 g/mol. The zero-order chi connectivity index (χ0) is 10.3. The summed E-state index contributed by atoms with van der Waals surface area (Å²) >= 11 is 0. The van der Waals surface area contributed by atoms with E-state index in [1.807, 2.05) is 0 Å². The first-order valence-electron chi connectivity index (χ1n) is 6.19. The summed E-state index contributed by atoms with van der Waals surface area (Å²) in [5.74, 6) is 1.74. The molecule has 0 saturated heterocycles. The molecule has 0 amide bonds. The predicted octanol–water partition coefficient (Wildman–Crippen LogP) is 3.69. The molecule has 1 unspecified atom stereocenters. The Morgan fingerprint density at radius 2 is 2.00 bits per heavy atom. The molecule has 1 aliphatic heterocycles. The highest BCUT2D eigenvalue weighted by Crippen LogP contribution is 2.44. The first kappa shape index (κ1) is 9.26. The Bertz CT molecular complexity index is 364. The fraction of sp³-hybridized carbons (Fsp3) is 0.571. The van der Waals surface area contributed by atoms with Crippen LogP contribution in [0.4, 0.5) is 5.69 Å². The van der Waals surface area contributed by atoms with E-state index >= 15 is 0 Å². The summed E-state index contributed by atoms with van der Waals surface area (Å²) < 4.78 is 0. The third-order valence-corrected chi connectivity index (χ3v) is 4.17. The van der Waals surface area contributed by atoms with Crippen LogP contribution in [0.1, 0.15) is 42.7 Å². The van der Waals surface area contributed by atoms with E-state index in [0.717, 1.165) is 11.8 Å². The topological polar surface area (TPSA) is 12.0 Å². The van der Waals surface area contributed by atoms with Crippen LogP contribution in [0.3, 0.4) is 0 Å². The Morgan fingerprint density at radius 3 is 2.80 bits per heavy atom. The van der Waals surface area contributed by atoms with Gasteiger partial charge in [-0.15, -0.1) is 0 Å². The lowest BCUT2D eigenvalue weighted by Gasteiger charge is -2.17. The average Bonchev–Trinajstić information content (AvgIpc) is 2.85. The number of hydrogen-bond donors (Lipinski definition) is 1. The molecule has 1 N–H and O–H groups in total. The van der Waals surface area contributed by atoms with Crippen LogP contribution in [0, 0.1) is 12.8 Å². The number of aryl methyl sites for hydroxylation is 1. The van der Waals surface area contributed by atoms with E-state index in [0.29, 0.717) is 0 Å². The van der Waals surface area contributed by atoms with Crippen LogP contribution in [0.5, 0.6) is 0 Å². The van der Waals surface area contributed by atoms with Crippen molar-refractivity contribution in [1.82, 2.24) is 0 Å². The molecule has 1 aliphatic carbocycles. The van der Waals surface area contributed by atoms with Crippen LogP contribution in [0.15, 0.2) is 18.2 Å². The summed E-state index contributed by atoms with van der Waals surface area (Å²) in [6, 6.07) is 6.75. The van der Waals surface area contributed by atoms with E-state index in [1.165, 1.54) is 43.5 Å². The molecule has 0 spiro atoms.